The number of hydrogen-bond acceptors (Lipinski definition) is 3. The summed E-state index contributed by atoms with van der Waals surface area (Å²) in [6, 6.07) is 5.97. The number of aryl methyl sites for hydroxylation is 2. The van der Waals surface area contributed by atoms with E-state index in [1.807, 2.05) is 32.9 Å². The fourth-order valence-electron chi connectivity index (χ4n) is 3.03. The van der Waals surface area contributed by atoms with Crippen molar-refractivity contribution >= 4 is 17.5 Å². The molecule has 1 aliphatic heterocycles. The molecule has 1 heterocycles. The van der Waals surface area contributed by atoms with Crippen LogP contribution < -0.4 is 10.2 Å². The fourth-order valence-corrected chi connectivity index (χ4v) is 3.03. The highest BCUT2D eigenvalue weighted by molar-refractivity contribution is 6.06. The molecule has 1 atom stereocenters. The Morgan fingerprint density at radius 3 is 2.55 bits per heavy atom. The SMILES string of the molecule is COCCNC(=O)C1(C)CCC(=O)N1c1cc(C)cc(C)c1. The summed E-state index contributed by atoms with van der Waals surface area (Å²) in [6.45, 7) is 6.72. The van der Waals surface area contributed by atoms with Gasteiger partial charge in [-0.3, -0.25) is 14.5 Å². The topological polar surface area (TPSA) is 58.6 Å². The Morgan fingerprint density at radius 2 is 1.95 bits per heavy atom. The van der Waals surface area contributed by atoms with E-state index in [0.29, 0.717) is 26.0 Å². The molecule has 2 amide bonds. The highest BCUT2D eigenvalue weighted by atomic mass is 16.5. The normalized spacial score (nSPS) is 21.3. The number of methoxy groups -OCH3 is 1. The maximum Gasteiger partial charge on any atom is 0.246 e. The third-order valence-corrected chi connectivity index (χ3v) is 4.11. The molecule has 120 valence electrons. The van der Waals surface area contributed by atoms with Crippen molar-refractivity contribution in [3.63, 3.8) is 0 Å². The van der Waals surface area contributed by atoms with Crippen LogP contribution in [0.15, 0.2) is 18.2 Å². The molecular weight excluding hydrogens is 280 g/mol. The standard InChI is InChI=1S/C17H24N2O3/c1-12-9-13(2)11-14(10-12)19-15(20)5-6-17(19,3)16(21)18-7-8-22-4/h9-11H,5-8H2,1-4H3,(H,18,21). The molecule has 5 heteroatoms. The zero-order valence-electron chi connectivity index (χ0n) is 13.7. The number of carbonyl (C=O) groups is 2. The molecule has 1 saturated heterocycles. The highest BCUT2D eigenvalue weighted by Gasteiger charge is 2.48. The lowest BCUT2D eigenvalue weighted by Crippen LogP contribution is -2.55. The van der Waals surface area contributed by atoms with Gasteiger partial charge in [0.1, 0.15) is 5.54 Å². The Bertz CT molecular complexity index is 565. The van der Waals surface area contributed by atoms with Crippen molar-refractivity contribution in [2.24, 2.45) is 0 Å². The molecule has 0 bridgehead atoms. The molecule has 0 saturated carbocycles. The van der Waals surface area contributed by atoms with Crippen LogP contribution in [0.4, 0.5) is 5.69 Å². The van der Waals surface area contributed by atoms with Crippen molar-refractivity contribution in [1.29, 1.82) is 0 Å². The van der Waals surface area contributed by atoms with Crippen LogP contribution in [0.5, 0.6) is 0 Å². The van der Waals surface area contributed by atoms with Crippen molar-refractivity contribution in [2.75, 3.05) is 25.2 Å². The van der Waals surface area contributed by atoms with E-state index in [9.17, 15) is 9.59 Å². The Hall–Kier alpha value is -1.88. The average Bonchev–Trinajstić information content (AvgIpc) is 2.74. The molecule has 1 fully saturated rings. The molecule has 0 aromatic heterocycles. The number of nitrogens with one attached hydrogen (secondary N) is 1. The maximum atomic E-state index is 12.6. The molecule has 0 spiro atoms. The second-order valence-electron chi connectivity index (χ2n) is 6.10. The maximum absolute atomic E-state index is 12.6. The van der Waals surface area contributed by atoms with Crippen LogP contribution in [0.1, 0.15) is 30.9 Å². The first-order chi connectivity index (χ1) is 10.4. The quantitative estimate of drug-likeness (QED) is 0.846. The molecule has 1 aromatic rings. The van der Waals surface area contributed by atoms with E-state index in [0.717, 1.165) is 16.8 Å². The van der Waals surface area contributed by atoms with Gasteiger partial charge >= 0.3 is 0 Å². The van der Waals surface area contributed by atoms with Gasteiger partial charge in [0.15, 0.2) is 0 Å². The minimum absolute atomic E-state index is 0.00519. The predicted molar refractivity (Wildman–Crippen MR) is 85.9 cm³/mol. The second-order valence-corrected chi connectivity index (χ2v) is 6.10. The third-order valence-electron chi connectivity index (χ3n) is 4.11. The van der Waals surface area contributed by atoms with Gasteiger partial charge in [-0.05, 0) is 50.5 Å². The van der Waals surface area contributed by atoms with Crippen LogP contribution >= 0.6 is 0 Å². The average molecular weight is 304 g/mol. The van der Waals surface area contributed by atoms with Crippen LogP contribution in [0.25, 0.3) is 0 Å². The first kappa shape index (κ1) is 16.5. The van der Waals surface area contributed by atoms with Gasteiger partial charge in [0.2, 0.25) is 11.8 Å². The van der Waals surface area contributed by atoms with Crippen LogP contribution in [-0.2, 0) is 14.3 Å². The summed E-state index contributed by atoms with van der Waals surface area (Å²) in [5, 5.41) is 2.86. The van der Waals surface area contributed by atoms with E-state index in [-0.39, 0.29) is 11.8 Å². The van der Waals surface area contributed by atoms with Crippen molar-refractivity contribution in [1.82, 2.24) is 5.32 Å². The molecule has 1 aromatic carbocycles. The van der Waals surface area contributed by atoms with E-state index in [1.54, 1.807) is 12.0 Å². The van der Waals surface area contributed by atoms with Gasteiger partial charge in [-0.25, -0.2) is 0 Å². The van der Waals surface area contributed by atoms with Gasteiger partial charge in [-0.2, -0.15) is 0 Å². The summed E-state index contributed by atoms with van der Waals surface area (Å²) >= 11 is 0. The lowest BCUT2D eigenvalue weighted by molar-refractivity contribution is -0.127. The number of ether oxygens (including phenoxy) is 1. The number of hydrogen-bond donors (Lipinski definition) is 1. The number of anilines is 1. The van der Waals surface area contributed by atoms with Crippen LogP contribution in [0, 0.1) is 13.8 Å². The van der Waals surface area contributed by atoms with Crippen LogP contribution in [-0.4, -0.2) is 37.6 Å². The Labute approximate surface area is 131 Å². The molecule has 1 unspecified atom stereocenters. The molecular formula is C17H24N2O3. The van der Waals surface area contributed by atoms with Crippen LogP contribution in [0.2, 0.25) is 0 Å². The monoisotopic (exact) mass is 304 g/mol. The summed E-state index contributed by atoms with van der Waals surface area (Å²) in [6.07, 6.45) is 0.916. The molecule has 22 heavy (non-hydrogen) atoms. The first-order valence-electron chi connectivity index (χ1n) is 7.57. The molecule has 1 N–H and O–H groups in total. The van der Waals surface area contributed by atoms with Crippen molar-refractivity contribution in [3.05, 3.63) is 29.3 Å². The van der Waals surface area contributed by atoms with Crippen molar-refractivity contribution in [3.8, 4) is 0 Å². The number of nitrogens with zero attached hydrogens (tertiary/aromatic N) is 1. The summed E-state index contributed by atoms with van der Waals surface area (Å²) in [7, 11) is 1.59. The highest BCUT2D eigenvalue weighted by Crippen LogP contribution is 2.36. The Balaban J connectivity index is 2.30. The van der Waals surface area contributed by atoms with Gasteiger partial charge in [0.05, 0.1) is 6.61 Å². The van der Waals surface area contributed by atoms with E-state index in [2.05, 4.69) is 11.4 Å². The van der Waals surface area contributed by atoms with Crippen molar-refractivity contribution < 1.29 is 14.3 Å². The zero-order chi connectivity index (χ0) is 16.3. The summed E-state index contributed by atoms with van der Waals surface area (Å²) in [5.74, 6) is -0.135. The number of rotatable bonds is 5. The van der Waals surface area contributed by atoms with Crippen molar-refractivity contribution in [2.45, 2.75) is 39.2 Å². The summed E-state index contributed by atoms with van der Waals surface area (Å²) < 4.78 is 4.96. The molecule has 0 radical (unpaired) electrons. The minimum Gasteiger partial charge on any atom is -0.383 e. The first-order valence-corrected chi connectivity index (χ1v) is 7.57. The van der Waals surface area contributed by atoms with E-state index in [4.69, 9.17) is 4.74 Å². The van der Waals surface area contributed by atoms with E-state index >= 15 is 0 Å². The smallest absolute Gasteiger partial charge is 0.246 e. The number of amides is 2. The summed E-state index contributed by atoms with van der Waals surface area (Å²) in [4.78, 5) is 26.6. The largest absolute Gasteiger partial charge is 0.383 e. The van der Waals surface area contributed by atoms with Gasteiger partial charge in [0, 0.05) is 25.8 Å². The van der Waals surface area contributed by atoms with E-state index in [1.165, 1.54) is 0 Å². The lowest BCUT2D eigenvalue weighted by Gasteiger charge is -2.34. The fraction of sp³-hybridized carbons (Fsp3) is 0.529. The van der Waals surface area contributed by atoms with Gasteiger partial charge in [-0.15, -0.1) is 0 Å². The van der Waals surface area contributed by atoms with Gasteiger partial charge < -0.3 is 10.1 Å². The van der Waals surface area contributed by atoms with Gasteiger partial charge in [-0.1, -0.05) is 6.07 Å². The van der Waals surface area contributed by atoms with Gasteiger partial charge in [0.25, 0.3) is 0 Å². The lowest BCUT2D eigenvalue weighted by atomic mass is 9.96. The number of carbonyl (C=O) groups excluding carboxylic acids is 2. The third kappa shape index (κ3) is 3.14. The number of benzene rings is 1. The molecule has 2 rings (SSSR count). The van der Waals surface area contributed by atoms with Crippen LogP contribution in [0.3, 0.4) is 0 Å². The second kappa shape index (κ2) is 6.48. The predicted octanol–water partition coefficient (Wildman–Crippen LogP) is 1.95. The van der Waals surface area contributed by atoms with E-state index < -0.39 is 5.54 Å². The summed E-state index contributed by atoms with van der Waals surface area (Å²) in [5.41, 5.74) is 2.11. The molecule has 0 aliphatic carbocycles. The Morgan fingerprint density at radius 1 is 1.32 bits per heavy atom. The molecule has 1 aliphatic rings. The molecule has 5 nitrogen and oxygen atoms in total. The minimum atomic E-state index is -0.842. The Kier molecular flexibility index (Phi) is 4.86. The zero-order valence-corrected chi connectivity index (χ0v) is 13.7.